The van der Waals surface area contributed by atoms with Crippen LogP contribution >= 0.6 is 0 Å². The number of amides is 3. The second-order valence-corrected chi connectivity index (χ2v) is 7.02. The lowest BCUT2D eigenvalue weighted by Crippen LogP contribution is -2.39. The fourth-order valence-corrected chi connectivity index (χ4v) is 2.87. The van der Waals surface area contributed by atoms with Gasteiger partial charge in [0.2, 0.25) is 0 Å². The van der Waals surface area contributed by atoms with Gasteiger partial charge in [-0.25, -0.2) is 9.59 Å². The molecule has 3 amide bonds. The number of nitrogens with one attached hydrogen (secondary N) is 1. The van der Waals surface area contributed by atoms with Crippen molar-refractivity contribution in [2.24, 2.45) is 0 Å². The Morgan fingerprint density at radius 1 is 1.04 bits per heavy atom. The highest BCUT2D eigenvalue weighted by Crippen LogP contribution is 2.29. The van der Waals surface area contributed by atoms with Gasteiger partial charge >= 0.3 is 12.1 Å². The van der Waals surface area contributed by atoms with Crippen molar-refractivity contribution in [1.82, 2.24) is 9.80 Å². The number of carbonyl (C=O) groups is 2. The van der Waals surface area contributed by atoms with E-state index >= 15 is 0 Å². The van der Waals surface area contributed by atoms with Gasteiger partial charge in [0.15, 0.2) is 0 Å². The largest absolute Gasteiger partial charge is 0.453 e. The van der Waals surface area contributed by atoms with Crippen LogP contribution in [0, 0.1) is 0 Å². The smallest absolute Gasteiger partial charge is 0.409 e. The summed E-state index contributed by atoms with van der Waals surface area (Å²) in [7, 11) is 1.38. The van der Waals surface area contributed by atoms with Crippen molar-refractivity contribution >= 4 is 17.8 Å². The molecule has 1 aromatic carbocycles. The maximum absolute atomic E-state index is 12.6. The molecule has 0 spiro atoms. The average Bonchev–Trinajstić information content (AvgIpc) is 2.79. The molecule has 0 aromatic heterocycles. The molecule has 1 fully saturated rings. The van der Waals surface area contributed by atoms with Gasteiger partial charge in [-0.2, -0.15) is 0 Å². The zero-order valence-electron chi connectivity index (χ0n) is 15.0. The summed E-state index contributed by atoms with van der Waals surface area (Å²) in [5.41, 5.74) is 1.89. The first-order valence-electron chi connectivity index (χ1n) is 8.31. The Kier molecular flexibility index (Phi) is 5.70. The van der Waals surface area contributed by atoms with Crippen molar-refractivity contribution in [3.05, 3.63) is 29.8 Å². The summed E-state index contributed by atoms with van der Waals surface area (Å²) >= 11 is 0. The fourth-order valence-electron chi connectivity index (χ4n) is 2.87. The number of carbonyl (C=O) groups excluding carboxylic acids is 2. The van der Waals surface area contributed by atoms with E-state index in [0.717, 1.165) is 17.7 Å². The molecule has 0 radical (unpaired) electrons. The molecule has 6 heteroatoms. The Morgan fingerprint density at radius 3 is 2.33 bits per heavy atom. The van der Waals surface area contributed by atoms with Crippen LogP contribution in [0.3, 0.4) is 0 Å². The highest BCUT2D eigenvalue weighted by Gasteiger charge is 2.24. The Balaban J connectivity index is 2.04. The first-order chi connectivity index (χ1) is 11.3. The molecule has 24 heavy (non-hydrogen) atoms. The Morgan fingerprint density at radius 2 is 1.67 bits per heavy atom. The number of para-hydroxylation sites is 1. The lowest BCUT2D eigenvalue weighted by molar-refractivity contribution is 0.125. The molecule has 1 aliphatic heterocycles. The van der Waals surface area contributed by atoms with E-state index in [0.29, 0.717) is 26.2 Å². The van der Waals surface area contributed by atoms with E-state index in [1.807, 2.05) is 24.3 Å². The van der Waals surface area contributed by atoms with Crippen molar-refractivity contribution in [2.75, 3.05) is 38.6 Å². The van der Waals surface area contributed by atoms with Crippen LogP contribution in [-0.4, -0.2) is 55.2 Å². The molecule has 0 aliphatic carbocycles. The van der Waals surface area contributed by atoms with Crippen molar-refractivity contribution < 1.29 is 14.3 Å². The molecule has 2 rings (SSSR count). The number of ether oxygens (including phenoxy) is 1. The molecule has 0 bridgehead atoms. The summed E-state index contributed by atoms with van der Waals surface area (Å²) in [6.07, 6.45) is 0.402. The first-order valence-corrected chi connectivity index (χ1v) is 8.31. The molecule has 6 nitrogen and oxygen atoms in total. The number of hydrogen-bond acceptors (Lipinski definition) is 3. The molecule has 132 valence electrons. The SMILES string of the molecule is COC(=O)N1CCCN(C(=O)Nc2ccccc2C(C)(C)C)CC1. The second-order valence-electron chi connectivity index (χ2n) is 7.02. The highest BCUT2D eigenvalue weighted by atomic mass is 16.5. The Hall–Kier alpha value is -2.24. The van der Waals surface area contributed by atoms with Crippen molar-refractivity contribution in [2.45, 2.75) is 32.6 Å². The normalized spacial score (nSPS) is 15.7. The van der Waals surface area contributed by atoms with Crippen LogP contribution in [0.2, 0.25) is 0 Å². The molecule has 0 unspecified atom stereocenters. The van der Waals surface area contributed by atoms with Crippen LogP contribution in [-0.2, 0) is 10.2 Å². The van der Waals surface area contributed by atoms with Gasteiger partial charge in [-0.3, -0.25) is 0 Å². The lowest BCUT2D eigenvalue weighted by atomic mass is 9.86. The van der Waals surface area contributed by atoms with Crippen molar-refractivity contribution in [1.29, 1.82) is 0 Å². The number of benzene rings is 1. The fraction of sp³-hybridized carbons (Fsp3) is 0.556. The third-order valence-electron chi connectivity index (χ3n) is 4.19. The van der Waals surface area contributed by atoms with Gasteiger partial charge in [-0.15, -0.1) is 0 Å². The summed E-state index contributed by atoms with van der Waals surface area (Å²) in [5, 5.41) is 3.02. The quantitative estimate of drug-likeness (QED) is 0.858. The van der Waals surface area contributed by atoms with E-state index in [1.165, 1.54) is 7.11 Å². The lowest BCUT2D eigenvalue weighted by Gasteiger charge is -2.26. The number of anilines is 1. The summed E-state index contributed by atoms with van der Waals surface area (Å²) in [4.78, 5) is 27.6. The topological polar surface area (TPSA) is 61.9 Å². The summed E-state index contributed by atoms with van der Waals surface area (Å²) < 4.78 is 4.76. The molecule has 0 saturated carbocycles. The van der Waals surface area contributed by atoms with Crippen LogP contribution in [0.4, 0.5) is 15.3 Å². The Labute approximate surface area is 143 Å². The predicted octanol–water partition coefficient (Wildman–Crippen LogP) is 3.29. The molecule has 1 N–H and O–H groups in total. The van der Waals surface area contributed by atoms with Gasteiger partial charge in [0.1, 0.15) is 0 Å². The van der Waals surface area contributed by atoms with E-state index in [9.17, 15) is 9.59 Å². The maximum atomic E-state index is 12.6. The summed E-state index contributed by atoms with van der Waals surface area (Å²) in [6.45, 7) is 8.58. The standard InChI is InChI=1S/C18H27N3O3/c1-18(2,3)14-8-5-6-9-15(14)19-16(22)20-10-7-11-21(13-12-20)17(23)24-4/h5-6,8-9H,7,10-13H2,1-4H3,(H,19,22). The van der Waals surface area contributed by atoms with E-state index in [2.05, 4.69) is 26.1 Å². The zero-order chi connectivity index (χ0) is 17.7. The van der Waals surface area contributed by atoms with Gasteiger partial charge in [0.25, 0.3) is 0 Å². The minimum absolute atomic E-state index is 0.0512. The second kappa shape index (κ2) is 7.55. The molecule has 1 saturated heterocycles. The van der Waals surface area contributed by atoms with Gasteiger partial charge in [0, 0.05) is 31.9 Å². The van der Waals surface area contributed by atoms with Crippen molar-refractivity contribution in [3.63, 3.8) is 0 Å². The zero-order valence-corrected chi connectivity index (χ0v) is 15.0. The third kappa shape index (κ3) is 4.40. The van der Waals surface area contributed by atoms with Gasteiger partial charge in [-0.05, 0) is 23.5 Å². The van der Waals surface area contributed by atoms with Gasteiger partial charge < -0.3 is 19.9 Å². The van der Waals surface area contributed by atoms with E-state index < -0.39 is 0 Å². The first kappa shape index (κ1) is 18.1. The Bertz CT molecular complexity index is 595. The molecular formula is C18H27N3O3. The molecular weight excluding hydrogens is 306 g/mol. The number of methoxy groups -OCH3 is 1. The van der Waals surface area contributed by atoms with Crippen LogP contribution in [0.25, 0.3) is 0 Å². The van der Waals surface area contributed by atoms with E-state index in [1.54, 1.807) is 9.80 Å². The van der Waals surface area contributed by atoms with Crippen LogP contribution < -0.4 is 5.32 Å². The minimum atomic E-state index is -0.338. The van der Waals surface area contributed by atoms with E-state index in [4.69, 9.17) is 4.74 Å². The molecule has 1 aliphatic rings. The van der Waals surface area contributed by atoms with Crippen LogP contribution in [0.5, 0.6) is 0 Å². The third-order valence-corrected chi connectivity index (χ3v) is 4.19. The molecule has 1 heterocycles. The average molecular weight is 333 g/mol. The van der Waals surface area contributed by atoms with Crippen LogP contribution in [0.1, 0.15) is 32.8 Å². The van der Waals surface area contributed by atoms with E-state index in [-0.39, 0.29) is 17.5 Å². The predicted molar refractivity (Wildman–Crippen MR) is 94.3 cm³/mol. The highest BCUT2D eigenvalue weighted by molar-refractivity contribution is 5.90. The number of urea groups is 1. The summed E-state index contributed by atoms with van der Waals surface area (Å²) in [5.74, 6) is 0. The van der Waals surface area contributed by atoms with Crippen molar-refractivity contribution in [3.8, 4) is 0 Å². The van der Waals surface area contributed by atoms with Crippen LogP contribution in [0.15, 0.2) is 24.3 Å². The number of rotatable bonds is 1. The molecule has 1 aromatic rings. The number of hydrogen-bond donors (Lipinski definition) is 1. The summed E-state index contributed by atoms with van der Waals surface area (Å²) in [6, 6.07) is 7.75. The maximum Gasteiger partial charge on any atom is 0.409 e. The molecule has 0 atom stereocenters. The number of nitrogens with zero attached hydrogens (tertiary/aromatic N) is 2. The monoisotopic (exact) mass is 333 g/mol. The minimum Gasteiger partial charge on any atom is -0.453 e. The van der Waals surface area contributed by atoms with Gasteiger partial charge in [-0.1, -0.05) is 39.0 Å². The van der Waals surface area contributed by atoms with Gasteiger partial charge in [0.05, 0.1) is 7.11 Å².